The van der Waals surface area contributed by atoms with E-state index in [0.29, 0.717) is 28.8 Å². The molecule has 0 saturated heterocycles. The lowest BCUT2D eigenvalue weighted by atomic mass is 10.0. The molecule has 1 unspecified atom stereocenters. The van der Waals surface area contributed by atoms with Crippen LogP contribution in [0.2, 0.25) is 0 Å². The third kappa shape index (κ3) is 3.59. The Bertz CT molecular complexity index is 1210. The highest BCUT2D eigenvalue weighted by Gasteiger charge is 2.43. The summed E-state index contributed by atoms with van der Waals surface area (Å²) in [4.78, 5) is 33.6. The van der Waals surface area contributed by atoms with E-state index in [-0.39, 0.29) is 17.8 Å². The van der Waals surface area contributed by atoms with Crippen LogP contribution in [0.15, 0.2) is 35.4 Å². The topological polar surface area (TPSA) is 97.1 Å². The van der Waals surface area contributed by atoms with Gasteiger partial charge in [0.05, 0.1) is 23.2 Å². The van der Waals surface area contributed by atoms with Crippen LogP contribution >= 0.6 is 0 Å². The molecule has 2 N–H and O–H groups in total. The second kappa shape index (κ2) is 7.60. The maximum atomic E-state index is 13.1. The van der Waals surface area contributed by atoms with E-state index in [0.717, 1.165) is 10.9 Å². The zero-order valence-corrected chi connectivity index (χ0v) is 17.0. The summed E-state index contributed by atoms with van der Waals surface area (Å²) in [6, 6.07) is 5.15. The number of hydrogen-bond acceptors (Lipinski definition) is 5. The number of aliphatic hydroxyl groups excluding tert-OH is 1. The van der Waals surface area contributed by atoms with Gasteiger partial charge in [-0.25, -0.2) is 9.37 Å². The SMILES string of the molecule is CCC(O)c1cc(C)c(-c2cc3cnc(NC(=O)[C@H]4C[C@H]4F)cc3n(C)c2=O)cn1. The van der Waals surface area contributed by atoms with E-state index in [1.807, 2.05) is 13.8 Å². The highest BCUT2D eigenvalue weighted by molar-refractivity contribution is 5.95. The fourth-order valence-electron chi connectivity index (χ4n) is 3.53. The van der Waals surface area contributed by atoms with Gasteiger partial charge in [0.15, 0.2) is 0 Å². The number of carbonyl (C=O) groups excluding carboxylic acids is 1. The maximum absolute atomic E-state index is 13.1. The van der Waals surface area contributed by atoms with Crippen molar-refractivity contribution >= 4 is 22.6 Å². The van der Waals surface area contributed by atoms with Gasteiger partial charge in [0.25, 0.3) is 5.56 Å². The minimum atomic E-state index is -1.08. The normalized spacial score (nSPS) is 19.0. The molecule has 0 bridgehead atoms. The maximum Gasteiger partial charge on any atom is 0.258 e. The van der Waals surface area contributed by atoms with Crippen molar-refractivity contribution in [1.82, 2.24) is 14.5 Å². The van der Waals surface area contributed by atoms with E-state index >= 15 is 0 Å². The second-order valence-electron chi connectivity index (χ2n) is 7.75. The van der Waals surface area contributed by atoms with Gasteiger partial charge in [0, 0.05) is 42.0 Å². The molecule has 3 aromatic rings. The Morgan fingerprint density at radius 2 is 2.03 bits per heavy atom. The minimum absolute atomic E-state index is 0.217. The van der Waals surface area contributed by atoms with Crippen LogP contribution < -0.4 is 10.9 Å². The number of fused-ring (bicyclic) bond motifs is 1. The zero-order chi connectivity index (χ0) is 21.6. The first-order valence-corrected chi connectivity index (χ1v) is 9.89. The number of halogens is 1. The number of alkyl halides is 1. The molecule has 3 heterocycles. The Morgan fingerprint density at radius 1 is 1.30 bits per heavy atom. The fraction of sp³-hybridized carbons (Fsp3) is 0.364. The van der Waals surface area contributed by atoms with Gasteiger partial charge in [0.1, 0.15) is 12.0 Å². The van der Waals surface area contributed by atoms with Crippen molar-refractivity contribution in [3.63, 3.8) is 0 Å². The molecule has 1 amide bonds. The number of aliphatic hydroxyl groups is 1. The summed E-state index contributed by atoms with van der Waals surface area (Å²) in [5.74, 6) is -0.726. The van der Waals surface area contributed by atoms with E-state index in [1.165, 1.54) is 4.57 Å². The largest absolute Gasteiger partial charge is 0.387 e. The quantitative estimate of drug-likeness (QED) is 0.674. The molecular weight excluding hydrogens is 387 g/mol. The van der Waals surface area contributed by atoms with Crippen LogP contribution in [0.4, 0.5) is 10.2 Å². The summed E-state index contributed by atoms with van der Waals surface area (Å²) in [6.45, 7) is 3.75. The Labute approximate surface area is 172 Å². The number of aromatic nitrogens is 3. The monoisotopic (exact) mass is 410 g/mol. The summed E-state index contributed by atoms with van der Waals surface area (Å²) < 4.78 is 14.6. The highest BCUT2D eigenvalue weighted by atomic mass is 19.1. The molecule has 156 valence electrons. The molecule has 4 rings (SSSR count). The lowest BCUT2D eigenvalue weighted by molar-refractivity contribution is -0.117. The molecule has 1 fully saturated rings. The fourth-order valence-corrected chi connectivity index (χ4v) is 3.53. The summed E-state index contributed by atoms with van der Waals surface area (Å²) in [5, 5.41) is 13.3. The van der Waals surface area contributed by atoms with E-state index in [4.69, 9.17) is 0 Å². The van der Waals surface area contributed by atoms with Gasteiger partial charge < -0.3 is 15.0 Å². The number of aryl methyl sites for hydroxylation is 2. The van der Waals surface area contributed by atoms with E-state index in [1.54, 1.807) is 37.6 Å². The molecule has 1 saturated carbocycles. The van der Waals surface area contributed by atoms with Crippen LogP contribution in [0.1, 0.15) is 37.1 Å². The smallest absolute Gasteiger partial charge is 0.258 e. The van der Waals surface area contributed by atoms with Crippen LogP contribution in [-0.2, 0) is 11.8 Å². The van der Waals surface area contributed by atoms with E-state index in [2.05, 4.69) is 15.3 Å². The van der Waals surface area contributed by atoms with Crippen LogP contribution in [0, 0.1) is 12.8 Å². The number of amides is 1. The predicted molar refractivity (Wildman–Crippen MR) is 112 cm³/mol. The Kier molecular flexibility index (Phi) is 5.11. The summed E-state index contributed by atoms with van der Waals surface area (Å²) >= 11 is 0. The van der Waals surface area contributed by atoms with Crippen molar-refractivity contribution in [2.75, 3.05) is 5.32 Å². The van der Waals surface area contributed by atoms with Crippen LogP contribution in [0.25, 0.3) is 22.0 Å². The van der Waals surface area contributed by atoms with E-state index < -0.39 is 24.1 Å². The van der Waals surface area contributed by atoms with Crippen molar-refractivity contribution in [2.45, 2.75) is 39.0 Å². The van der Waals surface area contributed by atoms with Gasteiger partial charge in [-0.3, -0.25) is 14.6 Å². The van der Waals surface area contributed by atoms with Gasteiger partial charge in [-0.05, 0) is 37.5 Å². The molecule has 0 spiro atoms. The van der Waals surface area contributed by atoms with Gasteiger partial charge in [-0.2, -0.15) is 0 Å². The molecule has 1 aliphatic carbocycles. The average Bonchev–Trinajstić information content (AvgIpc) is 3.47. The summed E-state index contributed by atoms with van der Waals surface area (Å²) in [5.41, 5.74) is 2.96. The highest BCUT2D eigenvalue weighted by Crippen LogP contribution is 2.34. The summed E-state index contributed by atoms with van der Waals surface area (Å²) in [7, 11) is 1.65. The number of anilines is 1. The Morgan fingerprint density at radius 3 is 2.67 bits per heavy atom. The van der Waals surface area contributed by atoms with Gasteiger partial charge in [-0.15, -0.1) is 0 Å². The van der Waals surface area contributed by atoms with Crippen molar-refractivity contribution in [2.24, 2.45) is 13.0 Å². The third-order valence-electron chi connectivity index (χ3n) is 5.56. The number of rotatable bonds is 5. The molecule has 1 aliphatic rings. The number of hydrogen-bond donors (Lipinski definition) is 2. The first kappa shape index (κ1) is 20.2. The molecule has 0 aliphatic heterocycles. The molecule has 0 aromatic carbocycles. The predicted octanol–water partition coefficient (Wildman–Crippen LogP) is 3.04. The standard InChI is InChI=1S/C22H23FN4O3/c1-4-19(28)17-5-11(2)15(10-24-17)13-6-12-9-25-20(8-18(12)27(3)22(13)30)26-21(29)14-7-16(14)23/h5-6,8-10,14,16,19,28H,4,7H2,1-3H3,(H,25,26,29)/t14-,16+,19?/m0/s1. The van der Waals surface area contributed by atoms with Crippen molar-refractivity contribution in [1.29, 1.82) is 0 Å². The molecule has 8 heteroatoms. The first-order chi connectivity index (χ1) is 14.3. The molecule has 3 aromatic heterocycles. The molecule has 7 nitrogen and oxygen atoms in total. The van der Waals surface area contributed by atoms with Crippen LogP contribution in [-0.4, -0.2) is 31.7 Å². The van der Waals surface area contributed by atoms with Crippen molar-refractivity contribution < 1.29 is 14.3 Å². The number of pyridine rings is 3. The molecule has 30 heavy (non-hydrogen) atoms. The number of carbonyl (C=O) groups is 1. The minimum Gasteiger partial charge on any atom is -0.387 e. The number of nitrogens with one attached hydrogen (secondary N) is 1. The van der Waals surface area contributed by atoms with E-state index in [9.17, 15) is 19.1 Å². The molecular formula is C22H23FN4O3. The molecule has 3 atom stereocenters. The third-order valence-corrected chi connectivity index (χ3v) is 5.56. The summed E-state index contributed by atoms with van der Waals surface area (Å²) in [6.07, 6.45) is 2.25. The number of nitrogens with zero attached hydrogens (tertiary/aromatic N) is 3. The average molecular weight is 410 g/mol. The van der Waals surface area contributed by atoms with Crippen molar-refractivity contribution in [3.8, 4) is 11.1 Å². The lowest BCUT2D eigenvalue weighted by Gasteiger charge is -2.14. The zero-order valence-electron chi connectivity index (χ0n) is 17.0. The van der Waals surface area contributed by atoms with Crippen molar-refractivity contribution in [3.05, 3.63) is 52.2 Å². The second-order valence-corrected chi connectivity index (χ2v) is 7.75. The van der Waals surface area contributed by atoms with Crippen LogP contribution in [0.3, 0.4) is 0 Å². The Hall–Kier alpha value is -3.13. The van der Waals surface area contributed by atoms with Crippen LogP contribution in [0.5, 0.6) is 0 Å². The first-order valence-electron chi connectivity index (χ1n) is 9.89. The van der Waals surface area contributed by atoms with Gasteiger partial charge in [-0.1, -0.05) is 6.92 Å². The van der Waals surface area contributed by atoms with Gasteiger partial charge >= 0.3 is 0 Å². The Balaban J connectivity index is 1.72. The lowest BCUT2D eigenvalue weighted by Crippen LogP contribution is -2.20. The van der Waals surface area contributed by atoms with Gasteiger partial charge in [0.2, 0.25) is 5.91 Å². The molecule has 0 radical (unpaired) electrons.